The van der Waals surface area contributed by atoms with Crippen molar-refractivity contribution in [1.29, 1.82) is 0 Å². The van der Waals surface area contributed by atoms with Crippen LogP contribution in [0.1, 0.15) is 41.6 Å². The molecule has 0 N–H and O–H groups in total. The number of nitrogens with zero attached hydrogens (tertiary/aromatic N) is 4. The molecular weight excluding hydrogens is 427 g/mol. The van der Waals surface area contributed by atoms with Gasteiger partial charge in [-0.1, -0.05) is 0 Å². The Morgan fingerprint density at radius 3 is 2.48 bits per heavy atom. The molecule has 8 nitrogen and oxygen atoms in total. The monoisotopic (exact) mass is 456 g/mol. The number of piperidine rings is 2. The minimum absolute atomic E-state index is 0.0531. The Bertz CT molecular complexity index is 958. The van der Waals surface area contributed by atoms with Gasteiger partial charge in [-0.15, -0.1) is 0 Å². The predicted octanol–water partition coefficient (Wildman–Crippen LogP) is 2.68. The van der Waals surface area contributed by atoms with E-state index in [2.05, 4.69) is 15.1 Å². The number of halogens is 1. The second kappa shape index (κ2) is 10.7. The first-order chi connectivity index (χ1) is 16.0. The zero-order valence-corrected chi connectivity index (χ0v) is 18.8. The topological polar surface area (TPSA) is 84.9 Å². The highest BCUT2D eigenvalue weighted by atomic mass is 19.1. The van der Waals surface area contributed by atoms with Crippen molar-refractivity contribution in [2.45, 2.75) is 38.3 Å². The summed E-state index contributed by atoms with van der Waals surface area (Å²) in [5.74, 6) is -0.576. The van der Waals surface area contributed by atoms with Gasteiger partial charge in [-0.3, -0.25) is 9.69 Å². The van der Waals surface area contributed by atoms with E-state index in [0.717, 1.165) is 44.1 Å². The lowest BCUT2D eigenvalue weighted by Gasteiger charge is -2.37. The molecule has 0 saturated carbocycles. The van der Waals surface area contributed by atoms with Crippen LogP contribution in [0.15, 0.2) is 36.7 Å². The van der Waals surface area contributed by atoms with Gasteiger partial charge in [0.15, 0.2) is 0 Å². The van der Waals surface area contributed by atoms with Crippen LogP contribution in [-0.2, 0) is 16.1 Å². The maximum atomic E-state index is 13.6. The second-order valence-corrected chi connectivity index (χ2v) is 8.58. The average Bonchev–Trinajstić information content (AvgIpc) is 2.86. The summed E-state index contributed by atoms with van der Waals surface area (Å²) in [6, 6.07) is 5.81. The number of carbonyl (C=O) groups excluding carboxylic acids is 2. The molecule has 0 radical (unpaired) electrons. The van der Waals surface area contributed by atoms with Crippen LogP contribution in [0.2, 0.25) is 0 Å². The fourth-order valence-electron chi connectivity index (χ4n) is 4.51. The van der Waals surface area contributed by atoms with Crippen LogP contribution in [-0.4, -0.2) is 71.3 Å². The van der Waals surface area contributed by atoms with Gasteiger partial charge in [0, 0.05) is 44.6 Å². The number of hydrogen-bond donors (Lipinski definition) is 0. The molecule has 0 spiro atoms. The molecule has 4 rings (SSSR count). The Morgan fingerprint density at radius 2 is 1.82 bits per heavy atom. The molecule has 3 heterocycles. The minimum atomic E-state index is -0.636. The molecule has 0 atom stereocenters. The van der Waals surface area contributed by atoms with Gasteiger partial charge in [-0.05, 0) is 55.8 Å². The van der Waals surface area contributed by atoms with Crippen LogP contribution in [0, 0.1) is 11.7 Å². The summed E-state index contributed by atoms with van der Waals surface area (Å²) in [6.07, 6.45) is 6.38. The van der Waals surface area contributed by atoms with E-state index in [4.69, 9.17) is 9.47 Å². The number of hydrogen-bond acceptors (Lipinski definition) is 7. The summed E-state index contributed by atoms with van der Waals surface area (Å²) >= 11 is 0. The maximum absolute atomic E-state index is 13.6. The van der Waals surface area contributed by atoms with E-state index in [1.54, 1.807) is 12.4 Å². The Labute approximate surface area is 192 Å². The molecule has 0 bridgehead atoms. The van der Waals surface area contributed by atoms with Crippen molar-refractivity contribution in [3.63, 3.8) is 0 Å². The number of ether oxygens (including phenoxy) is 2. The molecule has 9 heteroatoms. The van der Waals surface area contributed by atoms with Gasteiger partial charge in [-0.25, -0.2) is 9.18 Å². The lowest BCUT2D eigenvalue weighted by Crippen LogP contribution is -2.47. The van der Waals surface area contributed by atoms with Crippen molar-refractivity contribution >= 4 is 11.9 Å². The van der Waals surface area contributed by atoms with Gasteiger partial charge >= 0.3 is 5.97 Å². The first-order valence-electron chi connectivity index (χ1n) is 11.3. The predicted molar refractivity (Wildman–Crippen MR) is 118 cm³/mol. The number of aromatic nitrogens is 2. The number of amides is 1. The zero-order chi connectivity index (χ0) is 23.2. The highest BCUT2D eigenvalue weighted by Gasteiger charge is 2.31. The molecule has 2 fully saturated rings. The van der Waals surface area contributed by atoms with Crippen molar-refractivity contribution in [2.24, 2.45) is 5.92 Å². The summed E-state index contributed by atoms with van der Waals surface area (Å²) in [6.45, 7) is 3.83. The lowest BCUT2D eigenvalue weighted by molar-refractivity contribution is -0.139. The van der Waals surface area contributed by atoms with Crippen LogP contribution < -0.4 is 4.74 Å². The third kappa shape index (κ3) is 5.84. The van der Waals surface area contributed by atoms with Crippen LogP contribution in [0.4, 0.5) is 4.39 Å². The molecule has 2 aliphatic heterocycles. The highest BCUT2D eigenvalue weighted by molar-refractivity contribution is 5.92. The second-order valence-electron chi connectivity index (χ2n) is 8.58. The van der Waals surface area contributed by atoms with Gasteiger partial charge in [0.25, 0.3) is 0 Å². The third-order valence-corrected chi connectivity index (χ3v) is 6.38. The van der Waals surface area contributed by atoms with E-state index in [0.29, 0.717) is 31.7 Å². The number of methoxy groups -OCH3 is 1. The number of rotatable bonds is 6. The van der Waals surface area contributed by atoms with Gasteiger partial charge in [0.2, 0.25) is 5.91 Å². The number of likely N-dealkylation sites (tertiary alicyclic amines) is 2. The summed E-state index contributed by atoms with van der Waals surface area (Å²) in [5, 5.41) is 7.73. The van der Waals surface area contributed by atoms with E-state index in [-0.39, 0.29) is 23.5 Å². The fraction of sp³-hybridized carbons (Fsp3) is 0.500. The zero-order valence-electron chi connectivity index (χ0n) is 18.8. The standard InChI is InChI=1S/C24H29FN4O4/c1-32-24(31)21-14-19(25)2-3-22(21)33-20-7-12-29(13-8-20)23(30)18-5-10-28(11-6-18)16-17-4-9-26-27-15-17/h2-4,9,14-15,18,20H,5-8,10-13,16H2,1H3. The van der Waals surface area contributed by atoms with Crippen molar-refractivity contribution in [2.75, 3.05) is 33.3 Å². The third-order valence-electron chi connectivity index (χ3n) is 6.38. The SMILES string of the molecule is COC(=O)c1cc(F)ccc1OC1CCN(C(=O)C2CCN(Cc3ccnnc3)CC2)CC1. The van der Waals surface area contributed by atoms with Crippen molar-refractivity contribution in [1.82, 2.24) is 20.0 Å². The van der Waals surface area contributed by atoms with Crippen LogP contribution in [0.5, 0.6) is 5.75 Å². The number of benzene rings is 1. The molecule has 0 aliphatic carbocycles. The lowest BCUT2D eigenvalue weighted by atomic mass is 9.94. The quantitative estimate of drug-likeness (QED) is 0.618. The average molecular weight is 457 g/mol. The molecule has 176 valence electrons. The fourth-order valence-corrected chi connectivity index (χ4v) is 4.51. The summed E-state index contributed by atoms with van der Waals surface area (Å²) in [7, 11) is 1.25. The van der Waals surface area contributed by atoms with Crippen LogP contribution in [0.25, 0.3) is 0 Å². The van der Waals surface area contributed by atoms with E-state index < -0.39 is 11.8 Å². The molecule has 2 aromatic rings. The molecule has 33 heavy (non-hydrogen) atoms. The van der Waals surface area contributed by atoms with Gasteiger partial charge < -0.3 is 14.4 Å². The van der Waals surface area contributed by atoms with E-state index >= 15 is 0 Å². The molecule has 2 aliphatic rings. The molecule has 1 amide bonds. The van der Waals surface area contributed by atoms with Gasteiger partial charge in [0.05, 0.1) is 13.3 Å². The number of esters is 1. The Balaban J connectivity index is 1.25. The Morgan fingerprint density at radius 1 is 1.06 bits per heavy atom. The maximum Gasteiger partial charge on any atom is 0.341 e. The van der Waals surface area contributed by atoms with E-state index in [1.165, 1.54) is 19.2 Å². The van der Waals surface area contributed by atoms with Crippen LogP contribution in [0.3, 0.4) is 0 Å². The molecule has 0 unspecified atom stereocenters. The highest BCUT2D eigenvalue weighted by Crippen LogP contribution is 2.27. The van der Waals surface area contributed by atoms with Crippen molar-refractivity contribution in [3.8, 4) is 5.75 Å². The summed E-state index contributed by atoms with van der Waals surface area (Å²) in [5.41, 5.74) is 1.21. The van der Waals surface area contributed by atoms with Crippen LogP contribution >= 0.6 is 0 Å². The Kier molecular flexibility index (Phi) is 7.49. The molecule has 1 aromatic heterocycles. The largest absolute Gasteiger partial charge is 0.489 e. The van der Waals surface area contributed by atoms with Crippen molar-refractivity contribution in [3.05, 3.63) is 53.6 Å². The molecular formula is C24H29FN4O4. The summed E-state index contributed by atoms with van der Waals surface area (Å²) < 4.78 is 24.3. The molecule has 1 aromatic carbocycles. The van der Waals surface area contributed by atoms with Gasteiger partial charge in [-0.2, -0.15) is 10.2 Å². The normalized spacial score (nSPS) is 18.2. The first-order valence-corrected chi connectivity index (χ1v) is 11.3. The molecule has 2 saturated heterocycles. The number of carbonyl (C=O) groups is 2. The van der Waals surface area contributed by atoms with E-state index in [1.807, 2.05) is 11.0 Å². The van der Waals surface area contributed by atoms with E-state index in [9.17, 15) is 14.0 Å². The van der Waals surface area contributed by atoms with Crippen molar-refractivity contribution < 1.29 is 23.5 Å². The minimum Gasteiger partial charge on any atom is -0.489 e. The summed E-state index contributed by atoms with van der Waals surface area (Å²) in [4.78, 5) is 29.3. The first kappa shape index (κ1) is 23.1. The Hall–Kier alpha value is -3.07. The van der Waals surface area contributed by atoms with Gasteiger partial charge in [0.1, 0.15) is 23.2 Å². The smallest absolute Gasteiger partial charge is 0.341 e.